The highest BCUT2D eigenvalue weighted by atomic mass is 32.1. The predicted molar refractivity (Wildman–Crippen MR) is 50.4 cm³/mol. The molecule has 0 unspecified atom stereocenters. The number of rotatable bonds is 4. The van der Waals surface area contributed by atoms with Crippen LogP contribution in [0.15, 0.2) is 0 Å². The lowest BCUT2D eigenvalue weighted by molar-refractivity contribution is -0.141. The molecule has 86 valence electrons. The molecule has 1 aromatic heterocycles. The van der Waals surface area contributed by atoms with E-state index in [-0.39, 0.29) is 16.4 Å². The highest BCUT2D eigenvalue weighted by Gasteiger charge is 2.37. The molecule has 0 aliphatic heterocycles. The second-order valence-electron chi connectivity index (χ2n) is 2.82. The fourth-order valence-corrected chi connectivity index (χ4v) is 1.97. The van der Waals surface area contributed by atoms with Crippen molar-refractivity contribution in [3.05, 3.63) is 15.6 Å². The maximum Gasteiger partial charge on any atom is 0.434 e. The zero-order valence-electron chi connectivity index (χ0n) is 8.06. The van der Waals surface area contributed by atoms with Crippen LogP contribution in [0.2, 0.25) is 0 Å². The normalized spacial score (nSPS) is 12.1. The standard InChI is InChI=1S/C8H11F3N2OS/c1-2-12-3-5-7(8(9,10)11)13-6(4-14)15-5/h12,14H,2-4H2,1H3. The zero-order valence-corrected chi connectivity index (χ0v) is 8.87. The predicted octanol–water partition coefficient (Wildman–Crippen LogP) is 1.76. The van der Waals surface area contributed by atoms with Crippen LogP contribution in [-0.2, 0) is 19.3 Å². The lowest BCUT2D eigenvalue weighted by Gasteiger charge is -2.05. The number of thiazole rings is 1. The molecule has 0 saturated heterocycles. The topological polar surface area (TPSA) is 45.1 Å². The highest BCUT2D eigenvalue weighted by molar-refractivity contribution is 7.11. The van der Waals surface area contributed by atoms with Gasteiger partial charge in [-0.15, -0.1) is 11.3 Å². The summed E-state index contributed by atoms with van der Waals surface area (Å²) in [5.41, 5.74) is -0.891. The van der Waals surface area contributed by atoms with E-state index < -0.39 is 18.5 Å². The molecule has 0 saturated carbocycles. The van der Waals surface area contributed by atoms with E-state index in [0.717, 1.165) is 11.3 Å². The quantitative estimate of drug-likeness (QED) is 0.843. The van der Waals surface area contributed by atoms with Crippen molar-refractivity contribution in [3.8, 4) is 0 Å². The SMILES string of the molecule is CCNCc1sc(CO)nc1C(F)(F)F. The van der Waals surface area contributed by atoms with Crippen molar-refractivity contribution in [2.75, 3.05) is 6.54 Å². The number of aliphatic hydroxyl groups is 1. The Morgan fingerprint density at radius 3 is 2.60 bits per heavy atom. The Morgan fingerprint density at radius 1 is 1.47 bits per heavy atom. The van der Waals surface area contributed by atoms with E-state index in [1.165, 1.54) is 0 Å². The van der Waals surface area contributed by atoms with Gasteiger partial charge >= 0.3 is 6.18 Å². The van der Waals surface area contributed by atoms with Crippen LogP contribution in [0.5, 0.6) is 0 Å². The van der Waals surface area contributed by atoms with Crippen LogP contribution in [0.25, 0.3) is 0 Å². The number of aromatic nitrogens is 1. The third-order valence-corrected chi connectivity index (χ3v) is 2.72. The van der Waals surface area contributed by atoms with Crippen LogP contribution < -0.4 is 5.32 Å². The maximum atomic E-state index is 12.5. The second-order valence-corrected chi connectivity index (χ2v) is 3.98. The summed E-state index contributed by atoms with van der Waals surface area (Å²) in [6, 6.07) is 0. The molecule has 2 N–H and O–H groups in total. The molecule has 0 aliphatic rings. The van der Waals surface area contributed by atoms with Crippen LogP contribution >= 0.6 is 11.3 Å². The first-order valence-electron chi connectivity index (χ1n) is 4.36. The summed E-state index contributed by atoms with van der Waals surface area (Å²) in [6.07, 6.45) is -4.45. The minimum atomic E-state index is -4.45. The van der Waals surface area contributed by atoms with E-state index in [9.17, 15) is 13.2 Å². The molecule has 15 heavy (non-hydrogen) atoms. The van der Waals surface area contributed by atoms with E-state index in [0.29, 0.717) is 6.54 Å². The Labute approximate surface area is 89.0 Å². The summed E-state index contributed by atoms with van der Waals surface area (Å²) in [4.78, 5) is 3.48. The Bertz CT molecular complexity index is 324. The van der Waals surface area contributed by atoms with Crippen molar-refractivity contribution < 1.29 is 18.3 Å². The third kappa shape index (κ3) is 3.15. The Balaban J connectivity index is 2.95. The number of hydrogen-bond acceptors (Lipinski definition) is 4. The smallest absolute Gasteiger partial charge is 0.389 e. The fraction of sp³-hybridized carbons (Fsp3) is 0.625. The number of nitrogens with one attached hydrogen (secondary N) is 1. The Hall–Kier alpha value is -0.660. The van der Waals surface area contributed by atoms with Gasteiger partial charge in [0.1, 0.15) is 5.01 Å². The minimum Gasteiger partial charge on any atom is -0.389 e. The second kappa shape index (κ2) is 4.91. The van der Waals surface area contributed by atoms with Crippen LogP contribution in [0.1, 0.15) is 22.5 Å². The number of nitrogens with zero attached hydrogens (tertiary/aromatic N) is 1. The summed E-state index contributed by atoms with van der Waals surface area (Å²) in [5, 5.41) is 11.6. The van der Waals surface area contributed by atoms with Crippen LogP contribution in [0, 0.1) is 0 Å². The average Bonchev–Trinajstić information content (AvgIpc) is 2.57. The van der Waals surface area contributed by atoms with E-state index in [2.05, 4.69) is 10.3 Å². The lowest BCUT2D eigenvalue weighted by Crippen LogP contribution is -2.15. The van der Waals surface area contributed by atoms with Gasteiger partial charge in [-0.1, -0.05) is 6.92 Å². The van der Waals surface area contributed by atoms with Crippen LogP contribution in [0.3, 0.4) is 0 Å². The summed E-state index contributed by atoms with van der Waals surface area (Å²) in [7, 11) is 0. The van der Waals surface area contributed by atoms with Gasteiger partial charge in [0, 0.05) is 6.54 Å². The van der Waals surface area contributed by atoms with Gasteiger partial charge in [-0.05, 0) is 6.54 Å². The molecule has 1 aromatic rings. The van der Waals surface area contributed by atoms with E-state index in [1.807, 2.05) is 0 Å². The van der Waals surface area contributed by atoms with Crippen molar-refractivity contribution >= 4 is 11.3 Å². The molecular weight excluding hydrogens is 229 g/mol. The number of hydrogen-bond donors (Lipinski definition) is 2. The van der Waals surface area contributed by atoms with Gasteiger partial charge < -0.3 is 10.4 Å². The molecule has 1 rings (SSSR count). The minimum absolute atomic E-state index is 0.0928. The number of alkyl halides is 3. The molecule has 0 atom stereocenters. The van der Waals surface area contributed by atoms with E-state index in [1.54, 1.807) is 6.92 Å². The first-order chi connectivity index (χ1) is 6.99. The molecule has 0 fully saturated rings. The van der Waals surface area contributed by atoms with Gasteiger partial charge in [-0.2, -0.15) is 13.2 Å². The molecule has 0 aliphatic carbocycles. The fourth-order valence-electron chi connectivity index (χ4n) is 1.05. The van der Waals surface area contributed by atoms with Gasteiger partial charge in [-0.3, -0.25) is 0 Å². The summed E-state index contributed by atoms with van der Waals surface area (Å²) in [5.74, 6) is 0. The molecule has 7 heteroatoms. The molecule has 1 heterocycles. The Kier molecular flexibility index (Phi) is 4.06. The Morgan fingerprint density at radius 2 is 2.13 bits per heavy atom. The van der Waals surface area contributed by atoms with E-state index in [4.69, 9.17) is 5.11 Å². The first-order valence-corrected chi connectivity index (χ1v) is 5.18. The third-order valence-electron chi connectivity index (χ3n) is 1.68. The molecular formula is C8H11F3N2OS. The maximum absolute atomic E-state index is 12.5. The van der Waals surface area contributed by atoms with Gasteiger partial charge in [0.2, 0.25) is 0 Å². The van der Waals surface area contributed by atoms with Crippen molar-refractivity contribution in [2.24, 2.45) is 0 Å². The van der Waals surface area contributed by atoms with Crippen molar-refractivity contribution in [1.29, 1.82) is 0 Å². The van der Waals surface area contributed by atoms with Gasteiger partial charge in [-0.25, -0.2) is 4.98 Å². The molecule has 0 bridgehead atoms. The largest absolute Gasteiger partial charge is 0.434 e. The number of halogens is 3. The summed E-state index contributed by atoms with van der Waals surface area (Å²) in [6.45, 7) is 2.06. The summed E-state index contributed by atoms with van der Waals surface area (Å²) < 4.78 is 37.4. The zero-order chi connectivity index (χ0) is 11.5. The molecule has 0 amide bonds. The number of aliphatic hydroxyl groups excluding tert-OH is 1. The molecule has 3 nitrogen and oxygen atoms in total. The first kappa shape index (κ1) is 12.4. The molecule has 0 radical (unpaired) electrons. The van der Waals surface area contributed by atoms with Crippen molar-refractivity contribution in [1.82, 2.24) is 10.3 Å². The monoisotopic (exact) mass is 240 g/mol. The lowest BCUT2D eigenvalue weighted by atomic mass is 10.3. The van der Waals surface area contributed by atoms with Crippen molar-refractivity contribution in [3.63, 3.8) is 0 Å². The van der Waals surface area contributed by atoms with Gasteiger partial charge in [0.15, 0.2) is 5.69 Å². The molecule has 0 aromatic carbocycles. The van der Waals surface area contributed by atoms with Gasteiger partial charge in [0.05, 0.1) is 11.5 Å². The van der Waals surface area contributed by atoms with Gasteiger partial charge in [0.25, 0.3) is 0 Å². The molecule has 0 spiro atoms. The van der Waals surface area contributed by atoms with Crippen LogP contribution in [-0.4, -0.2) is 16.6 Å². The van der Waals surface area contributed by atoms with E-state index >= 15 is 0 Å². The van der Waals surface area contributed by atoms with Crippen molar-refractivity contribution in [2.45, 2.75) is 26.3 Å². The average molecular weight is 240 g/mol. The summed E-state index contributed by atoms with van der Waals surface area (Å²) >= 11 is 0.883. The van der Waals surface area contributed by atoms with Crippen LogP contribution in [0.4, 0.5) is 13.2 Å². The highest BCUT2D eigenvalue weighted by Crippen LogP contribution is 2.34.